The third-order valence-electron chi connectivity index (χ3n) is 6.50. The van der Waals surface area contributed by atoms with Gasteiger partial charge in [-0.1, -0.05) is 131 Å². The van der Waals surface area contributed by atoms with Gasteiger partial charge in [-0.25, -0.2) is 0 Å². The van der Waals surface area contributed by atoms with Gasteiger partial charge in [0.2, 0.25) is 0 Å². The summed E-state index contributed by atoms with van der Waals surface area (Å²) in [4.78, 5) is 0. The van der Waals surface area contributed by atoms with Crippen molar-refractivity contribution in [2.75, 3.05) is 0 Å². The van der Waals surface area contributed by atoms with Crippen molar-refractivity contribution < 1.29 is 0 Å². The Labute approximate surface area is 155 Å². The molecule has 0 N–H and O–H groups in total. The van der Waals surface area contributed by atoms with Crippen LogP contribution in [0.5, 0.6) is 0 Å². The summed E-state index contributed by atoms with van der Waals surface area (Å²) in [5.74, 6) is 3.74. The van der Waals surface area contributed by atoms with Gasteiger partial charge in [-0.05, 0) is 23.7 Å². The maximum atomic E-state index is 2.52. The van der Waals surface area contributed by atoms with Gasteiger partial charge in [-0.3, -0.25) is 0 Å². The zero-order valence-electron chi connectivity index (χ0n) is 18.2. The van der Waals surface area contributed by atoms with Crippen LogP contribution in [0.2, 0.25) is 0 Å². The predicted molar refractivity (Wildman–Crippen MR) is 113 cm³/mol. The van der Waals surface area contributed by atoms with Crippen molar-refractivity contribution in [3.63, 3.8) is 0 Å². The molecule has 0 heteroatoms. The third-order valence-corrected chi connectivity index (χ3v) is 6.50. The van der Waals surface area contributed by atoms with E-state index in [0.29, 0.717) is 0 Å². The van der Waals surface area contributed by atoms with E-state index in [-0.39, 0.29) is 0 Å². The van der Waals surface area contributed by atoms with Crippen LogP contribution < -0.4 is 0 Å². The van der Waals surface area contributed by atoms with Crippen molar-refractivity contribution >= 4 is 0 Å². The largest absolute Gasteiger partial charge is 0.0654 e. The Morgan fingerprint density at radius 3 is 1.29 bits per heavy atom. The van der Waals surface area contributed by atoms with Crippen LogP contribution in [-0.2, 0) is 0 Å². The summed E-state index contributed by atoms with van der Waals surface area (Å²) in [5.41, 5.74) is 0. The highest BCUT2D eigenvalue weighted by Gasteiger charge is 2.29. The second kappa shape index (κ2) is 16.5. The van der Waals surface area contributed by atoms with Gasteiger partial charge in [0.25, 0.3) is 0 Å². The van der Waals surface area contributed by atoms with Crippen LogP contribution in [-0.4, -0.2) is 0 Å². The van der Waals surface area contributed by atoms with Crippen LogP contribution in [0, 0.1) is 23.7 Å². The molecule has 24 heavy (non-hydrogen) atoms. The molecular formula is C24H50. The fraction of sp³-hybridized carbons (Fsp3) is 1.00. The minimum absolute atomic E-state index is 0.899. The van der Waals surface area contributed by atoms with E-state index in [0.717, 1.165) is 23.7 Å². The maximum absolute atomic E-state index is 2.52. The smallest absolute Gasteiger partial charge is 0.0334 e. The van der Waals surface area contributed by atoms with Crippen LogP contribution in [0.1, 0.15) is 131 Å². The normalized spacial score (nSPS) is 16.8. The summed E-state index contributed by atoms with van der Waals surface area (Å²) in [6.45, 7) is 14.5. The molecule has 0 radical (unpaired) electrons. The van der Waals surface area contributed by atoms with Gasteiger partial charge in [0.1, 0.15) is 0 Å². The Bertz CT molecular complexity index is 234. The van der Waals surface area contributed by atoms with Crippen molar-refractivity contribution in [3.8, 4) is 0 Å². The van der Waals surface area contributed by atoms with Crippen LogP contribution in [0.4, 0.5) is 0 Å². The van der Waals surface area contributed by atoms with Gasteiger partial charge in [0.15, 0.2) is 0 Å². The molecule has 0 aromatic heterocycles. The van der Waals surface area contributed by atoms with E-state index in [2.05, 4.69) is 41.5 Å². The Hall–Kier alpha value is 0. The Balaban J connectivity index is 4.55. The number of hydrogen-bond acceptors (Lipinski definition) is 0. The van der Waals surface area contributed by atoms with Crippen LogP contribution in [0.15, 0.2) is 0 Å². The molecule has 146 valence electrons. The Morgan fingerprint density at radius 1 is 0.500 bits per heavy atom. The minimum atomic E-state index is 0.899. The number of rotatable bonds is 17. The second-order valence-corrected chi connectivity index (χ2v) is 8.51. The topological polar surface area (TPSA) is 0 Å². The zero-order valence-corrected chi connectivity index (χ0v) is 18.2. The molecule has 0 aromatic carbocycles. The van der Waals surface area contributed by atoms with E-state index >= 15 is 0 Å². The van der Waals surface area contributed by atoms with Crippen molar-refractivity contribution in [1.29, 1.82) is 0 Å². The third kappa shape index (κ3) is 10.8. The summed E-state index contributed by atoms with van der Waals surface area (Å²) in [6, 6.07) is 0. The van der Waals surface area contributed by atoms with E-state index in [1.54, 1.807) is 0 Å². The molecule has 0 amide bonds. The van der Waals surface area contributed by atoms with Crippen molar-refractivity contribution in [2.45, 2.75) is 131 Å². The molecule has 3 unspecified atom stereocenters. The zero-order chi connectivity index (χ0) is 18.2. The van der Waals surface area contributed by atoms with Crippen LogP contribution in [0.3, 0.4) is 0 Å². The molecule has 0 rings (SSSR count). The predicted octanol–water partition coefficient (Wildman–Crippen LogP) is 9.03. The molecule has 0 heterocycles. The second-order valence-electron chi connectivity index (χ2n) is 8.51. The van der Waals surface area contributed by atoms with Crippen molar-refractivity contribution in [1.82, 2.24) is 0 Å². The minimum Gasteiger partial charge on any atom is -0.0654 e. The number of hydrogen-bond donors (Lipinski definition) is 0. The van der Waals surface area contributed by atoms with Crippen LogP contribution >= 0.6 is 0 Å². The van der Waals surface area contributed by atoms with Gasteiger partial charge in [-0.2, -0.15) is 0 Å². The average molecular weight is 339 g/mol. The van der Waals surface area contributed by atoms with Gasteiger partial charge < -0.3 is 0 Å². The highest BCUT2D eigenvalue weighted by Crippen LogP contribution is 2.38. The summed E-state index contributed by atoms with van der Waals surface area (Å²) >= 11 is 0. The van der Waals surface area contributed by atoms with Gasteiger partial charge in [-0.15, -0.1) is 0 Å². The van der Waals surface area contributed by atoms with E-state index in [1.807, 2.05) is 0 Å². The molecule has 0 fully saturated rings. The molecule has 0 saturated heterocycles. The van der Waals surface area contributed by atoms with Gasteiger partial charge in [0.05, 0.1) is 0 Å². The number of unbranched alkanes of at least 4 members (excludes halogenated alkanes) is 8. The first-order chi connectivity index (χ1) is 11.6. The first kappa shape index (κ1) is 24.0. The highest BCUT2D eigenvalue weighted by atomic mass is 14.3. The molecule has 0 bridgehead atoms. The molecule has 0 nitrogen and oxygen atoms in total. The molecule has 0 aliphatic rings. The summed E-state index contributed by atoms with van der Waals surface area (Å²) in [6.07, 6.45) is 20.1. The van der Waals surface area contributed by atoms with Crippen molar-refractivity contribution in [2.24, 2.45) is 23.7 Å². The van der Waals surface area contributed by atoms with E-state index in [1.165, 1.54) is 89.9 Å². The molecule has 0 saturated carbocycles. The molecule has 0 aromatic rings. The lowest BCUT2D eigenvalue weighted by Gasteiger charge is -2.36. The molecule has 0 aliphatic carbocycles. The highest BCUT2D eigenvalue weighted by molar-refractivity contribution is 4.79. The summed E-state index contributed by atoms with van der Waals surface area (Å²) < 4.78 is 0. The van der Waals surface area contributed by atoms with Gasteiger partial charge in [0, 0.05) is 0 Å². The lowest BCUT2D eigenvalue weighted by Crippen LogP contribution is -2.28. The fourth-order valence-electron chi connectivity index (χ4n) is 4.58. The summed E-state index contributed by atoms with van der Waals surface area (Å²) in [5, 5.41) is 0. The Kier molecular flexibility index (Phi) is 16.5. The van der Waals surface area contributed by atoms with E-state index < -0.39 is 0 Å². The monoisotopic (exact) mass is 338 g/mol. The maximum Gasteiger partial charge on any atom is -0.0334 e. The average Bonchev–Trinajstić information content (AvgIpc) is 2.60. The van der Waals surface area contributed by atoms with Gasteiger partial charge >= 0.3 is 0 Å². The summed E-state index contributed by atoms with van der Waals surface area (Å²) in [7, 11) is 0. The quantitative estimate of drug-likeness (QED) is 0.232. The van der Waals surface area contributed by atoms with E-state index in [4.69, 9.17) is 0 Å². The molecule has 0 spiro atoms. The van der Waals surface area contributed by atoms with Crippen molar-refractivity contribution in [3.05, 3.63) is 0 Å². The lowest BCUT2D eigenvalue weighted by atomic mass is 9.69. The van der Waals surface area contributed by atoms with E-state index in [9.17, 15) is 0 Å². The Morgan fingerprint density at radius 2 is 0.875 bits per heavy atom. The first-order valence-corrected chi connectivity index (χ1v) is 11.6. The molecule has 3 atom stereocenters. The standard InChI is InChI=1S/C24H50/c1-7-11-13-15-16-18-20-23(19-17-14-12-8-2)24(21(5)9-3)22(6)10-4/h21-24H,7-20H2,1-6H3. The molecular weight excluding hydrogens is 288 g/mol. The SMILES string of the molecule is CCCCCCCCC(CCCCCC)C(C(C)CC)C(C)CC. The lowest BCUT2D eigenvalue weighted by molar-refractivity contribution is 0.135. The fourth-order valence-corrected chi connectivity index (χ4v) is 4.58. The van der Waals surface area contributed by atoms with Crippen LogP contribution in [0.25, 0.3) is 0 Å². The first-order valence-electron chi connectivity index (χ1n) is 11.6. The molecule has 0 aliphatic heterocycles.